The maximum Gasteiger partial charge on any atom is 0.262 e. The van der Waals surface area contributed by atoms with Crippen molar-refractivity contribution in [3.63, 3.8) is 0 Å². The number of thioether (sulfide) groups is 1. The minimum absolute atomic E-state index is 0.0865. The lowest BCUT2D eigenvalue weighted by atomic mass is 10.2. The highest BCUT2D eigenvalue weighted by Gasteiger charge is 2.15. The van der Waals surface area contributed by atoms with Gasteiger partial charge in [0.1, 0.15) is 11.5 Å². The molecule has 0 unspecified atom stereocenters. The smallest absolute Gasteiger partial charge is 0.262 e. The Morgan fingerprint density at radius 1 is 1.16 bits per heavy atom. The van der Waals surface area contributed by atoms with Gasteiger partial charge in [0.2, 0.25) is 5.91 Å². The van der Waals surface area contributed by atoms with Crippen LogP contribution < -0.4 is 20.3 Å². The molecule has 1 amide bonds. The third kappa shape index (κ3) is 5.71. The van der Waals surface area contributed by atoms with E-state index in [2.05, 4.69) is 10.3 Å². The van der Waals surface area contributed by atoms with Gasteiger partial charge in [-0.05, 0) is 24.1 Å². The summed E-state index contributed by atoms with van der Waals surface area (Å²) in [7, 11) is 3.09. The van der Waals surface area contributed by atoms with E-state index in [1.807, 2.05) is 13.8 Å². The van der Waals surface area contributed by atoms with Crippen LogP contribution in [0.15, 0.2) is 46.3 Å². The van der Waals surface area contributed by atoms with Gasteiger partial charge < -0.3 is 14.8 Å². The van der Waals surface area contributed by atoms with Crippen molar-refractivity contribution in [3.05, 3.63) is 51.8 Å². The lowest BCUT2D eigenvalue weighted by Crippen LogP contribution is -2.26. The predicted molar refractivity (Wildman–Crippen MR) is 125 cm³/mol. The third-order valence-corrected chi connectivity index (χ3v) is 5.61. The first-order chi connectivity index (χ1) is 14.8. The maximum atomic E-state index is 13.0. The van der Waals surface area contributed by atoms with E-state index < -0.39 is 0 Å². The summed E-state index contributed by atoms with van der Waals surface area (Å²) in [6.45, 7) is 4.53. The lowest BCUT2D eigenvalue weighted by Gasteiger charge is -2.15. The van der Waals surface area contributed by atoms with Crippen LogP contribution in [0.4, 0.5) is 5.69 Å². The Bertz CT molecular complexity index is 1140. The Morgan fingerprint density at radius 3 is 2.45 bits per heavy atom. The molecule has 3 rings (SSSR count). The molecule has 2 aromatic carbocycles. The number of fused-ring (bicyclic) bond motifs is 1. The third-order valence-electron chi connectivity index (χ3n) is 4.40. The summed E-state index contributed by atoms with van der Waals surface area (Å²) in [5.41, 5.74) is 0.943. The molecule has 0 atom stereocenters. The highest BCUT2D eigenvalue weighted by atomic mass is 35.5. The molecule has 0 aliphatic rings. The highest BCUT2D eigenvalue weighted by Crippen LogP contribution is 2.26. The zero-order chi connectivity index (χ0) is 22.5. The van der Waals surface area contributed by atoms with E-state index in [-0.39, 0.29) is 23.1 Å². The molecule has 0 saturated heterocycles. The standard InChI is InChI=1S/C22H24ClN3O4S/c1-13(2)11-26-21(28)18-7-14(23)5-6-19(18)25-22(26)31-12-20(27)24-15-8-16(29-3)10-17(9-15)30-4/h5-10,13H,11-12H2,1-4H3,(H,24,27). The Morgan fingerprint density at radius 2 is 1.84 bits per heavy atom. The van der Waals surface area contributed by atoms with Crippen LogP contribution in [0.3, 0.4) is 0 Å². The number of hydrogen-bond acceptors (Lipinski definition) is 6. The van der Waals surface area contributed by atoms with Crippen molar-refractivity contribution in [2.75, 3.05) is 25.3 Å². The number of hydrogen-bond donors (Lipinski definition) is 1. The Labute approximate surface area is 189 Å². The highest BCUT2D eigenvalue weighted by molar-refractivity contribution is 7.99. The molecule has 164 valence electrons. The molecule has 0 bridgehead atoms. The number of nitrogens with zero attached hydrogens (tertiary/aromatic N) is 2. The van der Waals surface area contributed by atoms with Gasteiger partial charge in [-0.15, -0.1) is 0 Å². The van der Waals surface area contributed by atoms with Gasteiger partial charge in [0.25, 0.3) is 5.56 Å². The van der Waals surface area contributed by atoms with E-state index in [9.17, 15) is 9.59 Å². The molecule has 3 aromatic rings. The van der Waals surface area contributed by atoms with Gasteiger partial charge in [-0.2, -0.15) is 0 Å². The Balaban J connectivity index is 1.83. The summed E-state index contributed by atoms with van der Waals surface area (Å²) in [6, 6.07) is 10.2. The predicted octanol–water partition coefficient (Wildman–Crippen LogP) is 4.45. The van der Waals surface area contributed by atoms with Gasteiger partial charge in [0.15, 0.2) is 5.16 Å². The first kappa shape index (κ1) is 23.0. The number of carbonyl (C=O) groups is 1. The molecule has 7 nitrogen and oxygen atoms in total. The van der Waals surface area contributed by atoms with Gasteiger partial charge >= 0.3 is 0 Å². The monoisotopic (exact) mass is 461 g/mol. The van der Waals surface area contributed by atoms with Crippen LogP contribution in [0.2, 0.25) is 5.02 Å². The number of rotatable bonds is 8. The van der Waals surface area contributed by atoms with Crippen LogP contribution in [0.1, 0.15) is 13.8 Å². The number of halogens is 1. The van der Waals surface area contributed by atoms with Crippen molar-refractivity contribution in [2.24, 2.45) is 5.92 Å². The Hall–Kier alpha value is -2.71. The summed E-state index contributed by atoms with van der Waals surface area (Å²) in [4.78, 5) is 30.2. The number of carbonyl (C=O) groups excluding carboxylic acids is 1. The first-order valence-corrected chi connectivity index (χ1v) is 11.0. The number of aromatic nitrogens is 2. The van der Waals surface area contributed by atoms with Crippen LogP contribution in [0.5, 0.6) is 11.5 Å². The van der Waals surface area contributed by atoms with E-state index >= 15 is 0 Å². The number of nitrogens with one attached hydrogen (secondary N) is 1. The van der Waals surface area contributed by atoms with E-state index in [0.717, 1.165) is 0 Å². The molecular formula is C22H24ClN3O4S. The molecule has 31 heavy (non-hydrogen) atoms. The van der Waals surface area contributed by atoms with Crippen molar-refractivity contribution in [3.8, 4) is 11.5 Å². The minimum atomic E-state index is -0.234. The summed E-state index contributed by atoms with van der Waals surface area (Å²) in [5, 5.41) is 4.27. The molecule has 0 aliphatic carbocycles. The number of anilines is 1. The second-order valence-electron chi connectivity index (χ2n) is 7.30. The fraction of sp³-hybridized carbons (Fsp3) is 0.318. The lowest BCUT2D eigenvalue weighted by molar-refractivity contribution is -0.113. The average Bonchev–Trinajstić information content (AvgIpc) is 2.74. The molecule has 0 spiro atoms. The van der Waals surface area contributed by atoms with E-state index in [0.29, 0.717) is 44.8 Å². The molecular weight excluding hydrogens is 438 g/mol. The van der Waals surface area contributed by atoms with E-state index in [4.69, 9.17) is 21.1 Å². The van der Waals surface area contributed by atoms with Gasteiger partial charge in [-0.1, -0.05) is 37.2 Å². The van der Waals surface area contributed by atoms with Crippen molar-refractivity contribution >= 4 is 45.9 Å². The topological polar surface area (TPSA) is 82.5 Å². The van der Waals surface area contributed by atoms with E-state index in [1.165, 1.54) is 11.8 Å². The fourth-order valence-corrected chi connectivity index (χ4v) is 4.00. The minimum Gasteiger partial charge on any atom is -0.497 e. The maximum absolute atomic E-state index is 13.0. The first-order valence-electron chi connectivity index (χ1n) is 9.66. The van der Waals surface area contributed by atoms with Crippen LogP contribution in [-0.2, 0) is 11.3 Å². The van der Waals surface area contributed by atoms with Crippen LogP contribution in [0.25, 0.3) is 10.9 Å². The molecule has 0 radical (unpaired) electrons. The SMILES string of the molecule is COc1cc(NC(=O)CSc2nc3ccc(Cl)cc3c(=O)n2CC(C)C)cc(OC)c1. The molecule has 0 aliphatic heterocycles. The summed E-state index contributed by atoms with van der Waals surface area (Å²) in [5.74, 6) is 1.23. The quantitative estimate of drug-likeness (QED) is 0.394. The van der Waals surface area contributed by atoms with Crippen LogP contribution in [-0.4, -0.2) is 35.4 Å². The molecule has 0 fully saturated rings. The van der Waals surface area contributed by atoms with Gasteiger partial charge in [0.05, 0.1) is 30.9 Å². The second kappa shape index (κ2) is 10.1. The zero-order valence-electron chi connectivity index (χ0n) is 17.8. The van der Waals surface area contributed by atoms with Crippen molar-refractivity contribution in [2.45, 2.75) is 25.5 Å². The van der Waals surface area contributed by atoms with Gasteiger partial charge in [-0.25, -0.2) is 4.98 Å². The molecule has 1 heterocycles. The number of ether oxygens (including phenoxy) is 2. The fourth-order valence-electron chi connectivity index (χ4n) is 3.02. The van der Waals surface area contributed by atoms with Crippen molar-refractivity contribution < 1.29 is 14.3 Å². The van der Waals surface area contributed by atoms with Crippen molar-refractivity contribution in [1.82, 2.24) is 9.55 Å². The van der Waals surface area contributed by atoms with Crippen LogP contribution in [0, 0.1) is 5.92 Å². The second-order valence-corrected chi connectivity index (χ2v) is 8.68. The number of amides is 1. The summed E-state index contributed by atoms with van der Waals surface area (Å²) >= 11 is 7.27. The van der Waals surface area contributed by atoms with Crippen LogP contribution >= 0.6 is 23.4 Å². The molecule has 9 heteroatoms. The number of benzene rings is 2. The largest absolute Gasteiger partial charge is 0.497 e. The summed E-state index contributed by atoms with van der Waals surface area (Å²) in [6.07, 6.45) is 0. The average molecular weight is 462 g/mol. The van der Waals surface area contributed by atoms with Gasteiger partial charge in [-0.3, -0.25) is 14.2 Å². The normalized spacial score (nSPS) is 11.0. The van der Waals surface area contributed by atoms with Crippen molar-refractivity contribution in [1.29, 1.82) is 0 Å². The molecule has 0 saturated carbocycles. The van der Waals surface area contributed by atoms with E-state index in [1.54, 1.807) is 55.2 Å². The van der Waals surface area contributed by atoms with Gasteiger partial charge in [0, 0.05) is 35.5 Å². The summed E-state index contributed by atoms with van der Waals surface area (Å²) < 4.78 is 12.1. The molecule has 1 N–H and O–H groups in total. The zero-order valence-corrected chi connectivity index (χ0v) is 19.3. The number of methoxy groups -OCH3 is 2. The Kier molecular flexibility index (Phi) is 7.46. The molecule has 1 aromatic heterocycles.